The molecular formula is C14H13N3O3. The number of phenolic OH excluding ortho intramolecular Hbond substituents is 1. The summed E-state index contributed by atoms with van der Waals surface area (Å²) in [4.78, 5) is 1.39. The van der Waals surface area contributed by atoms with Gasteiger partial charge < -0.3 is 14.6 Å². The van der Waals surface area contributed by atoms with Crippen molar-refractivity contribution < 1.29 is 14.6 Å². The van der Waals surface area contributed by atoms with Crippen molar-refractivity contribution in [2.24, 2.45) is 0 Å². The fourth-order valence-corrected chi connectivity index (χ4v) is 1.93. The lowest BCUT2D eigenvalue weighted by Gasteiger charge is -2.05. The minimum atomic E-state index is 0.0524. The van der Waals surface area contributed by atoms with Crippen LogP contribution in [0.15, 0.2) is 36.4 Å². The van der Waals surface area contributed by atoms with Gasteiger partial charge in [0, 0.05) is 12.1 Å². The highest BCUT2D eigenvalue weighted by molar-refractivity contribution is 5.75. The molecule has 0 aliphatic rings. The maximum atomic E-state index is 10.00. The summed E-state index contributed by atoms with van der Waals surface area (Å²) in [5.41, 5.74) is 1.90. The van der Waals surface area contributed by atoms with Crippen LogP contribution in [-0.2, 0) is 0 Å². The van der Waals surface area contributed by atoms with Crippen molar-refractivity contribution in [2.45, 2.75) is 0 Å². The van der Waals surface area contributed by atoms with Gasteiger partial charge in [0.2, 0.25) is 0 Å². The normalized spacial score (nSPS) is 10.7. The van der Waals surface area contributed by atoms with Gasteiger partial charge in [-0.05, 0) is 24.3 Å². The Kier molecular flexibility index (Phi) is 2.90. The highest BCUT2D eigenvalue weighted by atomic mass is 16.5. The molecular weight excluding hydrogens is 258 g/mol. The van der Waals surface area contributed by atoms with Crippen LogP contribution in [0.2, 0.25) is 0 Å². The summed E-state index contributed by atoms with van der Waals surface area (Å²) >= 11 is 0. The Balaban J connectivity index is 2.10. The first kappa shape index (κ1) is 12.3. The molecule has 6 heteroatoms. The number of benzene rings is 2. The quantitative estimate of drug-likeness (QED) is 0.790. The molecule has 3 rings (SSSR count). The second-order valence-corrected chi connectivity index (χ2v) is 4.20. The van der Waals surface area contributed by atoms with Gasteiger partial charge in [0.25, 0.3) is 0 Å². The molecule has 1 N–H and O–H groups in total. The molecule has 0 aliphatic carbocycles. The van der Waals surface area contributed by atoms with Gasteiger partial charge in [-0.15, -0.1) is 15.0 Å². The highest BCUT2D eigenvalue weighted by Gasteiger charge is 2.10. The number of hydrogen-bond donors (Lipinski definition) is 1. The molecule has 3 aromatic rings. The third-order valence-electron chi connectivity index (χ3n) is 2.99. The fourth-order valence-electron chi connectivity index (χ4n) is 1.93. The smallest absolute Gasteiger partial charge is 0.146 e. The van der Waals surface area contributed by atoms with E-state index in [2.05, 4.69) is 10.2 Å². The van der Waals surface area contributed by atoms with Gasteiger partial charge in [-0.1, -0.05) is 0 Å². The molecule has 0 aliphatic heterocycles. The summed E-state index contributed by atoms with van der Waals surface area (Å²) in [6, 6.07) is 10.4. The first-order chi connectivity index (χ1) is 9.71. The Labute approximate surface area is 115 Å². The number of aromatic nitrogens is 3. The van der Waals surface area contributed by atoms with Gasteiger partial charge >= 0.3 is 0 Å². The second kappa shape index (κ2) is 4.73. The molecule has 1 heterocycles. The van der Waals surface area contributed by atoms with E-state index in [-0.39, 0.29) is 5.75 Å². The molecule has 0 unspecified atom stereocenters. The van der Waals surface area contributed by atoms with E-state index in [9.17, 15) is 5.11 Å². The van der Waals surface area contributed by atoms with E-state index in [1.54, 1.807) is 32.4 Å². The van der Waals surface area contributed by atoms with E-state index >= 15 is 0 Å². The molecule has 0 atom stereocenters. The average Bonchev–Trinajstić information content (AvgIpc) is 2.89. The SMILES string of the molecule is COc1ccc(-n2nc3ccc(OC)cc3n2)c(O)c1. The van der Waals surface area contributed by atoms with Crippen LogP contribution in [0, 0.1) is 0 Å². The van der Waals surface area contributed by atoms with Crippen molar-refractivity contribution in [3.05, 3.63) is 36.4 Å². The molecule has 2 aromatic carbocycles. The maximum absolute atomic E-state index is 10.00. The molecule has 1 aromatic heterocycles. The van der Waals surface area contributed by atoms with Crippen molar-refractivity contribution >= 4 is 11.0 Å². The van der Waals surface area contributed by atoms with Gasteiger partial charge in [0.05, 0.1) is 14.2 Å². The van der Waals surface area contributed by atoms with E-state index in [1.165, 1.54) is 10.9 Å². The van der Waals surface area contributed by atoms with Crippen LogP contribution in [0.25, 0.3) is 16.7 Å². The Hall–Kier alpha value is -2.76. The molecule has 0 fully saturated rings. The second-order valence-electron chi connectivity index (χ2n) is 4.20. The van der Waals surface area contributed by atoms with Crippen LogP contribution in [0.5, 0.6) is 17.2 Å². The zero-order valence-electron chi connectivity index (χ0n) is 11.1. The van der Waals surface area contributed by atoms with Crippen molar-refractivity contribution in [1.29, 1.82) is 0 Å². The molecule has 6 nitrogen and oxygen atoms in total. The monoisotopic (exact) mass is 271 g/mol. The topological polar surface area (TPSA) is 69.4 Å². The molecule has 0 radical (unpaired) electrons. The number of ether oxygens (including phenoxy) is 2. The summed E-state index contributed by atoms with van der Waals surface area (Å²) < 4.78 is 10.2. The van der Waals surface area contributed by atoms with Gasteiger partial charge in [-0.2, -0.15) is 0 Å². The van der Waals surface area contributed by atoms with Crippen molar-refractivity contribution in [3.63, 3.8) is 0 Å². The van der Waals surface area contributed by atoms with Gasteiger partial charge in [-0.3, -0.25) is 0 Å². The van der Waals surface area contributed by atoms with Crippen LogP contribution >= 0.6 is 0 Å². The lowest BCUT2D eigenvalue weighted by molar-refractivity contribution is 0.406. The number of nitrogens with zero attached hydrogens (tertiary/aromatic N) is 3. The molecule has 0 bridgehead atoms. The summed E-state index contributed by atoms with van der Waals surface area (Å²) in [5.74, 6) is 1.34. The summed E-state index contributed by atoms with van der Waals surface area (Å²) in [6.07, 6.45) is 0. The number of phenols is 1. The maximum Gasteiger partial charge on any atom is 0.146 e. The Morgan fingerprint density at radius 3 is 2.25 bits per heavy atom. The first-order valence-corrected chi connectivity index (χ1v) is 6.00. The number of rotatable bonds is 3. The lowest BCUT2D eigenvalue weighted by atomic mass is 10.3. The number of methoxy groups -OCH3 is 2. The Morgan fingerprint density at radius 1 is 0.900 bits per heavy atom. The number of hydrogen-bond acceptors (Lipinski definition) is 5. The highest BCUT2D eigenvalue weighted by Crippen LogP contribution is 2.27. The molecule has 0 saturated carbocycles. The summed E-state index contributed by atoms with van der Waals surface area (Å²) in [6.45, 7) is 0. The molecule has 0 spiro atoms. The summed E-state index contributed by atoms with van der Waals surface area (Å²) in [7, 11) is 3.14. The van der Waals surface area contributed by atoms with Crippen molar-refractivity contribution in [2.75, 3.05) is 14.2 Å². The molecule has 0 saturated heterocycles. The van der Waals surface area contributed by atoms with Crippen LogP contribution in [0.4, 0.5) is 0 Å². The first-order valence-electron chi connectivity index (χ1n) is 6.00. The number of aromatic hydroxyl groups is 1. The van der Waals surface area contributed by atoms with Crippen LogP contribution in [0.3, 0.4) is 0 Å². The average molecular weight is 271 g/mol. The minimum absolute atomic E-state index is 0.0524. The van der Waals surface area contributed by atoms with Crippen LogP contribution in [-0.4, -0.2) is 34.3 Å². The predicted molar refractivity (Wildman–Crippen MR) is 73.6 cm³/mol. The van der Waals surface area contributed by atoms with Crippen molar-refractivity contribution in [3.8, 4) is 22.9 Å². The number of fused-ring (bicyclic) bond motifs is 1. The zero-order chi connectivity index (χ0) is 14.1. The standard InChI is InChI=1S/C14H13N3O3/c1-19-9-3-5-11-12(7-9)16-17(15-11)13-6-4-10(20-2)8-14(13)18/h3-8,18H,1-2H3. The van der Waals surface area contributed by atoms with Gasteiger partial charge in [-0.25, -0.2) is 0 Å². The van der Waals surface area contributed by atoms with Gasteiger partial charge in [0.15, 0.2) is 0 Å². The fraction of sp³-hybridized carbons (Fsp3) is 0.143. The molecule has 102 valence electrons. The Bertz CT molecular complexity index is 767. The van der Waals surface area contributed by atoms with Crippen LogP contribution in [0.1, 0.15) is 0 Å². The third-order valence-corrected chi connectivity index (χ3v) is 2.99. The van der Waals surface area contributed by atoms with Gasteiger partial charge in [0.1, 0.15) is 34.0 Å². The third kappa shape index (κ3) is 2.01. The van der Waals surface area contributed by atoms with E-state index in [0.29, 0.717) is 22.7 Å². The minimum Gasteiger partial charge on any atom is -0.505 e. The Morgan fingerprint density at radius 2 is 1.55 bits per heavy atom. The zero-order valence-corrected chi connectivity index (χ0v) is 11.1. The lowest BCUT2D eigenvalue weighted by Crippen LogP contribution is -1.99. The van der Waals surface area contributed by atoms with E-state index < -0.39 is 0 Å². The largest absolute Gasteiger partial charge is 0.505 e. The predicted octanol–water partition coefficient (Wildman–Crippen LogP) is 2.14. The summed E-state index contributed by atoms with van der Waals surface area (Å²) in [5, 5.41) is 18.7. The van der Waals surface area contributed by atoms with Crippen LogP contribution < -0.4 is 9.47 Å². The molecule has 20 heavy (non-hydrogen) atoms. The van der Waals surface area contributed by atoms with E-state index in [1.807, 2.05) is 12.1 Å². The van der Waals surface area contributed by atoms with E-state index in [0.717, 1.165) is 5.52 Å². The van der Waals surface area contributed by atoms with E-state index in [4.69, 9.17) is 9.47 Å². The van der Waals surface area contributed by atoms with Crippen molar-refractivity contribution in [1.82, 2.24) is 15.0 Å². The molecule has 0 amide bonds.